The molecule has 0 fully saturated rings. The van der Waals surface area contributed by atoms with Gasteiger partial charge in [0, 0.05) is 40.8 Å². The van der Waals surface area contributed by atoms with Crippen LogP contribution in [-0.4, -0.2) is 19.7 Å². The number of aromatic nitrogens is 4. The Kier molecular flexibility index (Phi) is 5.09. The van der Waals surface area contributed by atoms with Crippen LogP contribution in [0.5, 0.6) is 0 Å². The van der Waals surface area contributed by atoms with Gasteiger partial charge >= 0.3 is 0 Å². The number of thiazole rings is 1. The molecule has 28 heavy (non-hydrogen) atoms. The van der Waals surface area contributed by atoms with Gasteiger partial charge in [-0.1, -0.05) is 30.3 Å². The van der Waals surface area contributed by atoms with Crippen molar-refractivity contribution in [2.75, 3.05) is 0 Å². The van der Waals surface area contributed by atoms with Gasteiger partial charge in [-0.25, -0.2) is 4.98 Å². The Bertz CT molecular complexity index is 1150. The van der Waals surface area contributed by atoms with E-state index in [1.807, 2.05) is 59.6 Å². The highest BCUT2D eigenvalue weighted by Crippen LogP contribution is 2.27. The lowest BCUT2D eigenvalue weighted by Crippen LogP contribution is -2.00. The Labute approximate surface area is 167 Å². The summed E-state index contributed by atoms with van der Waals surface area (Å²) in [6, 6.07) is 16.3. The van der Waals surface area contributed by atoms with E-state index in [0.29, 0.717) is 17.1 Å². The van der Waals surface area contributed by atoms with E-state index in [1.165, 1.54) is 11.3 Å². The van der Waals surface area contributed by atoms with Crippen LogP contribution in [0.3, 0.4) is 0 Å². The molecule has 1 aromatic carbocycles. The minimum atomic E-state index is 0.530. The van der Waals surface area contributed by atoms with Gasteiger partial charge in [-0.05, 0) is 30.7 Å². The Morgan fingerprint density at radius 1 is 1.21 bits per heavy atom. The number of hydrogen-bond acceptors (Lipinski definition) is 5. The zero-order chi connectivity index (χ0) is 19.3. The van der Waals surface area contributed by atoms with Crippen LogP contribution in [0.1, 0.15) is 21.8 Å². The predicted molar refractivity (Wildman–Crippen MR) is 111 cm³/mol. The van der Waals surface area contributed by atoms with Gasteiger partial charge in [0.05, 0.1) is 12.1 Å². The van der Waals surface area contributed by atoms with E-state index < -0.39 is 0 Å². The first-order valence-corrected chi connectivity index (χ1v) is 9.67. The van der Waals surface area contributed by atoms with Crippen molar-refractivity contribution in [2.24, 2.45) is 0 Å². The smallest absolute Gasteiger partial charge is 0.134 e. The SMILES string of the molecule is Cc1csc(/C(C#N)=C/c2cn(Cc3ccccc3)nc2-c2cccnc2)n1. The summed E-state index contributed by atoms with van der Waals surface area (Å²) in [5, 5.41) is 17.1. The summed E-state index contributed by atoms with van der Waals surface area (Å²) in [4.78, 5) is 8.65. The van der Waals surface area contributed by atoms with Crippen molar-refractivity contribution in [3.63, 3.8) is 0 Å². The fourth-order valence-electron chi connectivity index (χ4n) is 2.90. The first-order valence-electron chi connectivity index (χ1n) is 8.79. The molecule has 4 aromatic rings. The second kappa shape index (κ2) is 7.99. The third-order valence-electron chi connectivity index (χ3n) is 4.18. The molecule has 0 spiro atoms. The number of aryl methyl sites for hydroxylation is 1. The van der Waals surface area contributed by atoms with Crippen molar-refractivity contribution in [3.8, 4) is 17.3 Å². The maximum absolute atomic E-state index is 9.66. The predicted octanol–water partition coefficient (Wildman–Crippen LogP) is 4.82. The van der Waals surface area contributed by atoms with Crippen molar-refractivity contribution in [3.05, 3.63) is 88.3 Å². The van der Waals surface area contributed by atoms with E-state index in [1.54, 1.807) is 12.4 Å². The van der Waals surface area contributed by atoms with Crippen molar-refractivity contribution >= 4 is 23.0 Å². The third-order valence-corrected chi connectivity index (χ3v) is 5.18. The Morgan fingerprint density at radius 3 is 2.75 bits per heavy atom. The molecule has 3 aromatic heterocycles. The van der Waals surface area contributed by atoms with Gasteiger partial charge in [-0.3, -0.25) is 9.67 Å². The summed E-state index contributed by atoms with van der Waals surface area (Å²) in [6.07, 6.45) is 7.34. The summed E-state index contributed by atoms with van der Waals surface area (Å²) < 4.78 is 1.89. The van der Waals surface area contributed by atoms with Crippen LogP contribution in [0.4, 0.5) is 0 Å². The summed E-state index contributed by atoms with van der Waals surface area (Å²) in [5.74, 6) is 0. The molecule has 0 bridgehead atoms. The van der Waals surface area contributed by atoms with Crippen LogP contribution in [0.15, 0.2) is 66.4 Å². The molecule has 3 heterocycles. The van der Waals surface area contributed by atoms with Gasteiger partial charge in [0.25, 0.3) is 0 Å². The molecule has 0 unspecified atom stereocenters. The molecule has 0 aliphatic carbocycles. The monoisotopic (exact) mass is 383 g/mol. The molecule has 0 amide bonds. The normalized spacial score (nSPS) is 11.4. The van der Waals surface area contributed by atoms with Crippen LogP contribution >= 0.6 is 11.3 Å². The van der Waals surface area contributed by atoms with E-state index in [0.717, 1.165) is 28.1 Å². The number of pyridine rings is 1. The average Bonchev–Trinajstić information content (AvgIpc) is 3.33. The molecule has 4 rings (SSSR count). The number of allylic oxidation sites excluding steroid dienone is 1. The quantitative estimate of drug-likeness (QED) is 0.463. The molecule has 0 N–H and O–H groups in total. The Hall–Kier alpha value is -3.56. The number of nitriles is 1. The maximum Gasteiger partial charge on any atom is 0.134 e. The summed E-state index contributed by atoms with van der Waals surface area (Å²) in [6.45, 7) is 2.58. The molecule has 136 valence electrons. The van der Waals surface area contributed by atoms with E-state index in [9.17, 15) is 5.26 Å². The van der Waals surface area contributed by atoms with E-state index in [-0.39, 0.29) is 0 Å². The van der Waals surface area contributed by atoms with Crippen LogP contribution in [0, 0.1) is 18.3 Å². The minimum Gasteiger partial charge on any atom is -0.267 e. The van der Waals surface area contributed by atoms with Crippen molar-refractivity contribution in [2.45, 2.75) is 13.5 Å². The van der Waals surface area contributed by atoms with Gasteiger partial charge in [-0.2, -0.15) is 10.4 Å². The average molecular weight is 383 g/mol. The Balaban J connectivity index is 1.78. The van der Waals surface area contributed by atoms with Crippen molar-refractivity contribution < 1.29 is 0 Å². The molecular formula is C22H17N5S. The molecule has 0 saturated heterocycles. The van der Waals surface area contributed by atoms with Crippen molar-refractivity contribution in [1.29, 1.82) is 5.26 Å². The molecule has 0 aliphatic heterocycles. The zero-order valence-electron chi connectivity index (χ0n) is 15.3. The number of benzene rings is 1. The van der Waals surface area contributed by atoms with Gasteiger partial charge in [0.2, 0.25) is 0 Å². The summed E-state index contributed by atoms with van der Waals surface area (Å²) >= 11 is 1.47. The number of rotatable bonds is 5. The molecule has 0 saturated carbocycles. The van der Waals surface area contributed by atoms with Crippen LogP contribution < -0.4 is 0 Å². The topological polar surface area (TPSA) is 67.4 Å². The highest BCUT2D eigenvalue weighted by Gasteiger charge is 2.13. The van der Waals surface area contributed by atoms with E-state index in [4.69, 9.17) is 5.10 Å². The van der Waals surface area contributed by atoms with Crippen LogP contribution in [0.25, 0.3) is 22.9 Å². The molecule has 0 radical (unpaired) electrons. The fraction of sp³-hybridized carbons (Fsp3) is 0.0909. The number of hydrogen-bond donors (Lipinski definition) is 0. The maximum atomic E-state index is 9.66. The van der Waals surface area contributed by atoms with E-state index in [2.05, 4.69) is 28.2 Å². The minimum absolute atomic E-state index is 0.530. The lowest BCUT2D eigenvalue weighted by atomic mass is 10.1. The first kappa shape index (κ1) is 17.8. The standard InChI is InChI=1S/C22H17N5S/c1-16-15-28-22(25-16)19(11-23)10-20-14-27(13-17-6-3-2-4-7-17)26-21(20)18-8-5-9-24-12-18/h2-10,12,14-15H,13H2,1H3/b19-10+. The second-order valence-electron chi connectivity index (χ2n) is 6.32. The van der Waals surface area contributed by atoms with Gasteiger partial charge in [-0.15, -0.1) is 11.3 Å². The molecule has 5 nitrogen and oxygen atoms in total. The lowest BCUT2D eigenvalue weighted by molar-refractivity contribution is 0.689. The zero-order valence-corrected chi connectivity index (χ0v) is 16.1. The first-order chi connectivity index (χ1) is 13.7. The van der Waals surface area contributed by atoms with E-state index >= 15 is 0 Å². The van der Waals surface area contributed by atoms with Gasteiger partial charge < -0.3 is 0 Å². The van der Waals surface area contributed by atoms with Crippen molar-refractivity contribution in [1.82, 2.24) is 19.7 Å². The largest absolute Gasteiger partial charge is 0.267 e. The van der Waals surface area contributed by atoms with Crippen LogP contribution in [0.2, 0.25) is 0 Å². The van der Waals surface area contributed by atoms with Crippen LogP contribution in [-0.2, 0) is 6.54 Å². The van der Waals surface area contributed by atoms with Gasteiger partial charge in [0.15, 0.2) is 0 Å². The third kappa shape index (κ3) is 3.90. The Morgan fingerprint density at radius 2 is 2.07 bits per heavy atom. The molecule has 0 aliphatic rings. The highest BCUT2D eigenvalue weighted by molar-refractivity contribution is 7.11. The highest BCUT2D eigenvalue weighted by atomic mass is 32.1. The van der Waals surface area contributed by atoms with Gasteiger partial charge in [0.1, 0.15) is 16.8 Å². The number of nitrogens with zero attached hydrogens (tertiary/aromatic N) is 5. The second-order valence-corrected chi connectivity index (χ2v) is 7.18. The summed E-state index contributed by atoms with van der Waals surface area (Å²) in [7, 11) is 0. The summed E-state index contributed by atoms with van der Waals surface area (Å²) in [5.41, 5.74) is 5.18. The molecular weight excluding hydrogens is 366 g/mol. The lowest BCUT2D eigenvalue weighted by Gasteiger charge is -2.01. The fourth-order valence-corrected chi connectivity index (χ4v) is 3.66. The molecule has 0 atom stereocenters. The molecule has 6 heteroatoms.